The lowest BCUT2D eigenvalue weighted by Gasteiger charge is -2.32. The molecule has 1 saturated heterocycles. The van der Waals surface area contributed by atoms with Crippen molar-refractivity contribution in [3.05, 3.63) is 42.0 Å². The van der Waals surface area contributed by atoms with E-state index in [1.807, 2.05) is 4.90 Å². The SMILES string of the molecule is CC(C)(C)N(C(=O)O)c1sc(-c2ccccc2F)nc1C(=O)Nc1cnn(C2CC2)c1N1CCC[C@@H](NC(=O)C(F)(F)F)CC1. The summed E-state index contributed by atoms with van der Waals surface area (Å²) < 4.78 is 55.0. The van der Waals surface area contributed by atoms with Crippen LogP contribution in [0.5, 0.6) is 0 Å². The Balaban J connectivity index is 1.47. The van der Waals surface area contributed by atoms with Crippen molar-refractivity contribution in [2.24, 2.45) is 0 Å². The lowest BCUT2D eigenvalue weighted by Crippen LogP contribution is -2.45. The maximum atomic E-state index is 14.7. The Hall–Kier alpha value is -4.21. The largest absolute Gasteiger partial charge is 0.471 e. The Labute approximate surface area is 260 Å². The monoisotopic (exact) mass is 651 g/mol. The number of thiazole rings is 1. The number of benzene rings is 1. The predicted molar refractivity (Wildman–Crippen MR) is 160 cm³/mol. The Bertz CT molecular complexity index is 1600. The van der Waals surface area contributed by atoms with Crippen LogP contribution in [0.25, 0.3) is 10.6 Å². The van der Waals surface area contributed by atoms with Gasteiger partial charge in [0.05, 0.1) is 12.2 Å². The second kappa shape index (κ2) is 12.3. The summed E-state index contributed by atoms with van der Waals surface area (Å²) in [5.74, 6) is -2.73. The van der Waals surface area contributed by atoms with Gasteiger partial charge in [-0.15, -0.1) is 0 Å². The number of hydrogen-bond acceptors (Lipinski definition) is 7. The molecule has 0 unspecified atom stereocenters. The van der Waals surface area contributed by atoms with Crippen LogP contribution in [0.15, 0.2) is 30.5 Å². The van der Waals surface area contributed by atoms with Crippen molar-refractivity contribution < 1.29 is 37.1 Å². The molecule has 1 aromatic carbocycles. The molecule has 3 N–H and O–H groups in total. The van der Waals surface area contributed by atoms with E-state index in [0.717, 1.165) is 29.1 Å². The molecule has 11 nitrogen and oxygen atoms in total. The normalized spacial score (nSPS) is 17.5. The minimum absolute atomic E-state index is 0.0138. The summed E-state index contributed by atoms with van der Waals surface area (Å²) in [4.78, 5) is 45.2. The fourth-order valence-corrected chi connectivity index (χ4v) is 6.56. The van der Waals surface area contributed by atoms with Crippen molar-refractivity contribution in [3.8, 4) is 10.6 Å². The van der Waals surface area contributed by atoms with E-state index in [9.17, 15) is 37.1 Å². The fraction of sp³-hybridized carbons (Fsp3) is 0.483. The Kier molecular flexibility index (Phi) is 8.79. The molecule has 3 aromatic rings. The van der Waals surface area contributed by atoms with Gasteiger partial charge in [-0.1, -0.05) is 23.5 Å². The van der Waals surface area contributed by atoms with Crippen LogP contribution in [0.3, 0.4) is 0 Å². The summed E-state index contributed by atoms with van der Waals surface area (Å²) in [7, 11) is 0. The number of halogens is 4. The molecule has 1 aliphatic carbocycles. The van der Waals surface area contributed by atoms with E-state index in [1.165, 1.54) is 24.4 Å². The molecule has 0 radical (unpaired) electrons. The zero-order valence-corrected chi connectivity index (χ0v) is 25.6. The van der Waals surface area contributed by atoms with Crippen molar-refractivity contribution in [1.82, 2.24) is 20.1 Å². The van der Waals surface area contributed by atoms with Crippen LogP contribution in [0.1, 0.15) is 69.4 Å². The number of hydrogen-bond donors (Lipinski definition) is 3. The Morgan fingerprint density at radius 1 is 1.07 bits per heavy atom. The summed E-state index contributed by atoms with van der Waals surface area (Å²) in [5, 5.41) is 19.6. The highest BCUT2D eigenvalue weighted by atomic mass is 32.1. The molecule has 16 heteroatoms. The average molecular weight is 652 g/mol. The second-order valence-corrected chi connectivity index (χ2v) is 13.0. The van der Waals surface area contributed by atoms with Gasteiger partial charge in [-0.25, -0.2) is 18.9 Å². The highest BCUT2D eigenvalue weighted by Crippen LogP contribution is 2.42. The van der Waals surface area contributed by atoms with E-state index in [1.54, 1.807) is 31.5 Å². The number of carbonyl (C=O) groups excluding carboxylic acids is 2. The highest BCUT2D eigenvalue weighted by molar-refractivity contribution is 7.19. The summed E-state index contributed by atoms with van der Waals surface area (Å²) in [6.45, 7) is 5.71. The number of anilines is 3. The van der Waals surface area contributed by atoms with E-state index in [0.29, 0.717) is 37.4 Å². The summed E-state index contributed by atoms with van der Waals surface area (Å²) in [6.07, 6.45) is -2.03. The van der Waals surface area contributed by atoms with Gasteiger partial charge in [0.1, 0.15) is 21.5 Å². The number of nitrogens with one attached hydrogen (secondary N) is 2. The van der Waals surface area contributed by atoms with Crippen LogP contribution in [0.4, 0.5) is 38.9 Å². The van der Waals surface area contributed by atoms with Crippen LogP contribution in [0.2, 0.25) is 0 Å². The molecule has 3 amide bonds. The minimum atomic E-state index is -4.97. The van der Waals surface area contributed by atoms with Crippen LogP contribution in [-0.2, 0) is 4.79 Å². The third-order valence-electron chi connectivity index (χ3n) is 7.52. The van der Waals surface area contributed by atoms with Crippen molar-refractivity contribution in [2.45, 2.75) is 76.7 Å². The molecule has 242 valence electrons. The van der Waals surface area contributed by atoms with Gasteiger partial charge in [0.2, 0.25) is 0 Å². The number of aromatic nitrogens is 3. The van der Waals surface area contributed by atoms with Gasteiger partial charge >= 0.3 is 18.2 Å². The maximum absolute atomic E-state index is 14.7. The molecule has 2 fully saturated rings. The van der Waals surface area contributed by atoms with Gasteiger partial charge in [-0.2, -0.15) is 18.3 Å². The number of nitrogens with zero attached hydrogens (tertiary/aromatic N) is 5. The summed E-state index contributed by atoms with van der Waals surface area (Å²) in [6, 6.07) is 5.26. The van der Waals surface area contributed by atoms with E-state index < -0.39 is 41.5 Å². The van der Waals surface area contributed by atoms with Crippen LogP contribution in [-0.4, -0.2) is 68.6 Å². The summed E-state index contributed by atoms with van der Waals surface area (Å²) in [5.41, 5.74) is -0.771. The molecule has 1 atom stereocenters. The van der Waals surface area contributed by atoms with Gasteiger partial charge in [-0.05, 0) is 65.0 Å². The predicted octanol–water partition coefficient (Wildman–Crippen LogP) is 6.05. The zero-order chi connectivity index (χ0) is 32.7. The molecule has 0 spiro atoms. The van der Waals surface area contributed by atoms with Gasteiger partial charge in [0, 0.05) is 30.2 Å². The first kappa shape index (κ1) is 32.2. The first-order chi connectivity index (χ1) is 21.1. The van der Waals surface area contributed by atoms with Crippen molar-refractivity contribution >= 4 is 45.8 Å². The smallest absolute Gasteiger partial charge is 0.465 e. The lowest BCUT2D eigenvalue weighted by atomic mass is 10.1. The molecule has 0 bridgehead atoms. The van der Waals surface area contributed by atoms with Crippen LogP contribution >= 0.6 is 11.3 Å². The molecule has 2 aliphatic rings. The van der Waals surface area contributed by atoms with Gasteiger partial charge in [0.25, 0.3) is 5.91 Å². The lowest BCUT2D eigenvalue weighted by molar-refractivity contribution is -0.174. The van der Waals surface area contributed by atoms with Crippen molar-refractivity contribution in [2.75, 3.05) is 28.2 Å². The quantitative estimate of drug-likeness (QED) is 0.265. The molecule has 3 heterocycles. The van der Waals surface area contributed by atoms with Crippen LogP contribution in [0, 0.1) is 5.82 Å². The van der Waals surface area contributed by atoms with Crippen molar-refractivity contribution in [1.29, 1.82) is 0 Å². The average Bonchev–Trinajstić information content (AvgIpc) is 3.64. The van der Waals surface area contributed by atoms with E-state index in [2.05, 4.69) is 20.7 Å². The number of amides is 3. The van der Waals surface area contributed by atoms with Gasteiger partial charge < -0.3 is 20.6 Å². The Morgan fingerprint density at radius 2 is 1.78 bits per heavy atom. The van der Waals surface area contributed by atoms with E-state index in [-0.39, 0.29) is 33.7 Å². The fourth-order valence-electron chi connectivity index (χ4n) is 5.29. The zero-order valence-electron chi connectivity index (χ0n) is 24.8. The van der Waals surface area contributed by atoms with Gasteiger partial charge in [0.15, 0.2) is 11.5 Å². The Morgan fingerprint density at radius 3 is 2.40 bits per heavy atom. The minimum Gasteiger partial charge on any atom is -0.465 e. The molecule has 5 rings (SSSR count). The number of carboxylic acid groups (broad SMARTS) is 1. The maximum Gasteiger partial charge on any atom is 0.471 e. The topological polar surface area (TPSA) is 133 Å². The molecule has 1 aliphatic heterocycles. The van der Waals surface area contributed by atoms with E-state index in [4.69, 9.17) is 0 Å². The third-order valence-corrected chi connectivity index (χ3v) is 8.60. The molecule has 45 heavy (non-hydrogen) atoms. The standard InChI is InChI=1S/C29H33F4N7O4S/c1-28(2,3)39(27(43)44)25-21(37-23(45-25)18-8-4-5-9-19(18)30)22(41)36-20-15-34-40(17-10-11-17)24(20)38-13-6-7-16(12-14-38)35-26(42)29(31,32)33/h4-5,8-9,15-17H,6-7,10-14H2,1-3H3,(H,35,42)(H,36,41)(H,43,44)/t16-/m1/s1. The number of alkyl halides is 3. The molecule has 1 saturated carbocycles. The summed E-state index contributed by atoms with van der Waals surface area (Å²) >= 11 is 0.878. The van der Waals surface area contributed by atoms with Crippen molar-refractivity contribution in [3.63, 3.8) is 0 Å². The third kappa shape index (κ3) is 7.05. The highest BCUT2D eigenvalue weighted by Gasteiger charge is 2.40. The molecular weight excluding hydrogens is 618 g/mol. The van der Waals surface area contributed by atoms with Crippen LogP contribution < -0.4 is 20.4 Å². The first-order valence-electron chi connectivity index (χ1n) is 14.5. The molecular formula is C29H33F4N7O4S. The number of carbonyl (C=O) groups is 3. The van der Waals surface area contributed by atoms with Gasteiger partial charge in [-0.3, -0.25) is 14.5 Å². The molecule has 2 aromatic heterocycles. The second-order valence-electron chi connectivity index (χ2n) is 12.0. The number of rotatable bonds is 7. The van der Waals surface area contributed by atoms with E-state index >= 15 is 0 Å². The first-order valence-corrected chi connectivity index (χ1v) is 15.3.